The number of aryl methyl sites for hydroxylation is 1. The third kappa shape index (κ3) is 5.22. The van der Waals surface area contributed by atoms with E-state index in [9.17, 15) is 4.79 Å². The van der Waals surface area contributed by atoms with Gasteiger partial charge in [0.25, 0.3) is 0 Å². The molecule has 1 rings (SSSR count). The molecule has 0 bridgehead atoms. The molecule has 0 aliphatic rings. The summed E-state index contributed by atoms with van der Waals surface area (Å²) >= 11 is 5.57. The topological polar surface area (TPSA) is 29.1 Å². The molecule has 0 radical (unpaired) electrons. The number of halogens is 1. The smallest absolute Gasteiger partial charge is 0.220 e. The Hall–Kier alpha value is -1.02. The second kappa shape index (κ2) is 7.33. The van der Waals surface area contributed by atoms with Gasteiger partial charge in [-0.2, -0.15) is 0 Å². The van der Waals surface area contributed by atoms with Crippen molar-refractivity contribution in [1.29, 1.82) is 0 Å². The van der Waals surface area contributed by atoms with Gasteiger partial charge in [-0.15, -0.1) is 11.6 Å². The second-order valence-electron chi connectivity index (χ2n) is 4.35. The molecular weight excluding hydrogens is 234 g/mol. The molecular formula is C14H20ClNO. The molecule has 17 heavy (non-hydrogen) atoms. The van der Waals surface area contributed by atoms with Crippen LogP contribution >= 0.6 is 11.6 Å². The summed E-state index contributed by atoms with van der Waals surface area (Å²) < 4.78 is 0. The minimum Gasteiger partial charge on any atom is -0.350 e. The van der Waals surface area contributed by atoms with Gasteiger partial charge in [0, 0.05) is 12.3 Å². The van der Waals surface area contributed by atoms with Crippen LogP contribution in [0, 0.1) is 6.92 Å². The first-order valence-electron chi connectivity index (χ1n) is 6.05. The van der Waals surface area contributed by atoms with Crippen LogP contribution in [0.3, 0.4) is 0 Å². The molecule has 94 valence electrons. The summed E-state index contributed by atoms with van der Waals surface area (Å²) in [7, 11) is 0. The van der Waals surface area contributed by atoms with Crippen LogP contribution in [-0.2, 0) is 4.79 Å². The van der Waals surface area contributed by atoms with Crippen LogP contribution in [0.4, 0.5) is 0 Å². The molecule has 1 atom stereocenters. The summed E-state index contributed by atoms with van der Waals surface area (Å²) in [6.45, 7) is 4.06. The second-order valence-corrected chi connectivity index (χ2v) is 4.72. The van der Waals surface area contributed by atoms with Gasteiger partial charge in [-0.05, 0) is 32.3 Å². The van der Waals surface area contributed by atoms with Crippen molar-refractivity contribution >= 4 is 17.5 Å². The fraction of sp³-hybridized carbons (Fsp3) is 0.500. The van der Waals surface area contributed by atoms with Crippen molar-refractivity contribution in [3.8, 4) is 0 Å². The molecule has 0 aromatic heterocycles. The summed E-state index contributed by atoms with van der Waals surface area (Å²) in [4.78, 5) is 11.6. The van der Waals surface area contributed by atoms with Crippen LogP contribution in [0.2, 0.25) is 0 Å². The van der Waals surface area contributed by atoms with E-state index >= 15 is 0 Å². The van der Waals surface area contributed by atoms with Crippen molar-refractivity contribution < 1.29 is 4.79 Å². The number of alkyl halides is 1. The van der Waals surface area contributed by atoms with Crippen molar-refractivity contribution in [1.82, 2.24) is 5.32 Å². The Labute approximate surface area is 108 Å². The monoisotopic (exact) mass is 253 g/mol. The van der Waals surface area contributed by atoms with Gasteiger partial charge < -0.3 is 5.32 Å². The molecule has 1 aromatic carbocycles. The molecule has 1 amide bonds. The van der Waals surface area contributed by atoms with E-state index < -0.39 is 0 Å². The molecule has 3 heteroatoms. The first-order valence-corrected chi connectivity index (χ1v) is 6.59. The lowest BCUT2D eigenvalue weighted by molar-refractivity contribution is -0.121. The maximum Gasteiger partial charge on any atom is 0.220 e. The van der Waals surface area contributed by atoms with E-state index in [1.807, 2.05) is 6.92 Å². The average Bonchev–Trinajstić information content (AvgIpc) is 2.30. The minimum absolute atomic E-state index is 0.0686. The van der Waals surface area contributed by atoms with E-state index in [0.717, 1.165) is 18.4 Å². The van der Waals surface area contributed by atoms with E-state index in [2.05, 4.69) is 36.5 Å². The lowest BCUT2D eigenvalue weighted by atomic mass is 10.1. The summed E-state index contributed by atoms with van der Waals surface area (Å²) in [6.07, 6.45) is 2.31. The maximum atomic E-state index is 11.6. The molecule has 0 fully saturated rings. The van der Waals surface area contributed by atoms with E-state index in [4.69, 9.17) is 11.6 Å². The van der Waals surface area contributed by atoms with Gasteiger partial charge in [0.2, 0.25) is 5.91 Å². The van der Waals surface area contributed by atoms with E-state index in [-0.39, 0.29) is 11.9 Å². The maximum absolute atomic E-state index is 11.6. The van der Waals surface area contributed by atoms with Crippen molar-refractivity contribution in [3.05, 3.63) is 35.4 Å². The normalized spacial score (nSPS) is 12.2. The van der Waals surface area contributed by atoms with Crippen LogP contribution in [-0.4, -0.2) is 11.8 Å². The number of nitrogens with one attached hydrogen (secondary N) is 1. The van der Waals surface area contributed by atoms with Crippen LogP contribution in [0.1, 0.15) is 43.4 Å². The molecule has 1 aromatic rings. The highest BCUT2D eigenvalue weighted by Gasteiger charge is 2.08. The van der Waals surface area contributed by atoms with Crippen LogP contribution < -0.4 is 5.32 Å². The van der Waals surface area contributed by atoms with Crippen molar-refractivity contribution in [2.75, 3.05) is 5.88 Å². The SMILES string of the molecule is Cc1ccc(C(C)NC(=O)CCCCCl)cc1. The Morgan fingerprint density at radius 1 is 1.29 bits per heavy atom. The van der Waals surface area contributed by atoms with Gasteiger partial charge in [-0.3, -0.25) is 4.79 Å². The Balaban J connectivity index is 2.40. The van der Waals surface area contributed by atoms with E-state index in [1.54, 1.807) is 0 Å². The summed E-state index contributed by atoms with van der Waals surface area (Å²) in [6, 6.07) is 8.30. The quantitative estimate of drug-likeness (QED) is 0.609. The fourth-order valence-corrected chi connectivity index (χ4v) is 1.82. The summed E-state index contributed by atoms with van der Waals surface area (Å²) in [5, 5.41) is 2.99. The first-order chi connectivity index (χ1) is 8.13. The Kier molecular flexibility index (Phi) is 6.06. The van der Waals surface area contributed by atoms with Crippen LogP contribution in [0.25, 0.3) is 0 Å². The third-order valence-electron chi connectivity index (χ3n) is 2.74. The first kappa shape index (κ1) is 14.0. The number of hydrogen-bond donors (Lipinski definition) is 1. The van der Waals surface area contributed by atoms with Crippen LogP contribution in [0.5, 0.6) is 0 Å². The van der Waals surface area contributed by atoms with Gasteiger partial charge in [-0.1, -0.05) is 29.8 Å². The van der Waals surface area contributed by atoms with Crippen LogP contribution in [0.15, 0.2) is 24.3 Å². The van der Waals surface area contributed by atoms with Gasteiger partial charge in [-0.25, -0.2) is 0 Å². The predicted octanol–water partition coefficient (Wildman–Crippen LogP) is 3.58. The van der Waals surface area contributed by atoms with Gasteiger partial charge in [0.15, 0.2) is 0 Å². The zero-order valence-electron chi connectivity index (χ0n) is 10.5. The van der Waals surface area contributed by atoms with Gasteiger partial charge in [0.1, 0.15) is 0 Å². The van der Waals surface area contributed by atoms with Crippen molar-refractivity contribution in [2.24, 2.45) is 0 Å². The summed E-state index contributed by atoms with van der Waals surface area (Å²) in [5.41, 5.74) is 2.37. The number of amides is 1. The lowest BCUT2D eigenvalue weighted by Crippen LogP contribution is -2.26. The Morgan fingerprint density at radius 3 is 2.53 bits per heavy atom. The number of carbonyl (C=O) groups is 1. The van der Waals surface area contributed by atoms with Gasteiger partial charge in [0.05, 0.1) is 6.04 Å². The highest BCUT2D eigenvalue weighted by Crippen LogP contribution is 2.13. The van der Waals surface area contributed by atoms with E-state index in [1.165, 1.54) is 5.56 Å². The molecule has 0 saturated heterocycles. The molecule has 1 unspecified atom stereocenters. The number of benzene rings is 1. The average molecular weight is 254 g/mol. The molecule has 0 aliphatic carbocycles. The fourth-order valence-electron chi connectivity index (χ4n) is 1.63. The molecule has 1 N–H and O–H groups in total. The Morgan fingerprint density at radius 2 is 1.94 bits per heavy atom. The third-order valence-corrected chi connectivity index (χ3v) is 3.01. The Bertz CT molecular complexity index is 348. The number of rotatable bonds is 6. The number of hydrogen-bond acceptors (Lipinski definition) is 1. The highest BCUT2D eigenvalue weighted by molar-refractivity contribution is 6.17. The molecule has 2 nitrogen and oxygen atoms in total. The molecule has 0 heterocycles. The predicted molar refractivity (Wildman–Crippen MR) is 72.3 cm³/mol. The van der Waals surface area contributed by atoms with E-state index in [0.29, 0.717) is 12.3 Å². The van der Waals surface area contributed by atoms with Crippen molar-refractivity contribution in [3.63, 3.8) is 0 Å². The zero-order chi connectivity index (χ0) is 12.7. The summed E-state index contributed by atoms with van der Waals surface area (Å²) in [5.74, 6) is 0.726. The largest absolute Gasteiger partial charge is 0.350 e. The standard InChI is InChI=1S/C14H20ClNO/c1-11-6-8-13(9-7-11)12(2)16-14(17)5-3-4-10-15/h6-9,12H,3-5,10H2,1-2H3,(H,16,17). The van der Waals surface area contributed by atoms with Gasteiger partial charge >= 0.3 is 0 Å². The number of unbranched alkanes of at least 4 members (excludes halogenated alkanes) is 1. The molecule has 0 spiro atoms. The van der Waals surface area contributed by atoms with Crippen molar-refractivity contribution in [2.45, 2.75) is 39.2 Å². The zero-order valence-corrected chi connectivity index (χ0v) is 11.3. The highest BCUT2D eigenvalue weighted by atomic mass is 35.5. The molecule has 0 aliphatic heterocycles. The minimum atomic E-state index is 0.0686. The molecule has 0 saturated carbocycles. The lowest BCUT2D eigenvalue weighted by Gasteiger charge is -2.14. The number of carbonyl (C=O) groups excluding carboxylic acids is 1.